The van der Waals surface area contributed by atoms with Crippen molar-refractivity contribution in [2.45, 2.75) is 13.8 Å². The zero-order chi connectivity index (χ0) is 7.40. The summed E-state index contributed by atoms with van der Waals surface area (Å²) in [6.45, 7) is 5.08. The van der Waals surface area contributed by atoms with E-state index in [1.807, 2.05) is 6.21 Å². The highest BCUT2D eigenvalue weighted by atomic mass is 14.7. The van der Waals surface area contributed by atoms with Crippen LogP contribution in [0.25, 0.3) is 0 Å². The molecule has 0 saturated heterocycles. The molecule has 1 heteroatoms. The molecule has 0 fully saturated rings. The third-order valence-electron chi connectivity index (χ3n) is 1.48. The molecule has 0 aliphatic carbocycles. The SMILES string of the molecule is CC1=C/C=C\C(C)C=NC1. The maximum Gasteiger partial charge on any atom is 0.0596 e. The maximum atomic E-state index is 4.25. The molecule has 0 spiro atoms. The van der Waals surface area contributed by atoms with Gasteiger partial charge in [0, 0.05) is 12.1 Å². The van der Waals surface area contributed by atoms with Crippen molar-refractivity contribution in [3.05, 3.63) is 23.8 Å². The first-order valence-electron chi connectivity index (χ1n) is 3.63. The van der Waals surface area contributed by atoms with Crippen LogP contribution in [0, 0.1) is 5.92 Å². The number of hydrogen-bond acceptors (Lipinski definition) is 1. The minimum absolute atomic E-state index is 0.490. The molecular weight excluding hydrogens is 122 g/mol. The van der Waals surface area contributed by atoms with Crippen LogP contribution in [0.5, 0.6) is 0 Å². The molecule has 0 bridgehead atoms. The van der Waals surface area contributed by atoms with E-state index in [9.17, 15) is 0 Å². The van der Waals surface area contributed by atoms with Gasteiger partial charge in [-0.2, -0.15) is 0 Å². The summed E-state index contributed by atoms with van der Waals surface area (Å²) in [6, 6.07) is 0. The van der Waals surface area contributed by atoms with Gasteiger partial charge in [0.25, 0.3) is 0 Å². The van der Waals surface area contributed by atoms with Crippen molar-refractivity contribution in [3.63, 3.8) is 0 Å². The van der Waals surface area contributed by atoms with Crippen molar-refractivity contribution in [1.82, 2.24) is 0 Å². The van der Waals surface area contributed by atoms with Gasteiger partial charge in [0.05, 0.1) is 6.54 Å². The Bertz CT molecular complexity index is 187. The first-order chi connectivity index (χ1) is 4.79. The molecule has 0 aromatic rings. The Kier molecular flexibility index (Phi) is 2.43. The van der Waals surface area contributed by atoms with E-state index in [1.54, 1.807) is 0 Å². The van der Waals surface area contributed by atoms with Gasteiger partial charge in [-0.25, -0.2) is 0 Å². The van der Waals surface area contributed by atoms with Crippen molar-refractivity contribution in [2.75, 3.05) is 6.54 Å². The predicted octanol–water partition coefficient (Wildman–Crippen LogP) is 2.21. The topological polar surface area (TPSA) is 12.4 Å². The largest absolute Gasteiger partial charge is 0.293 e. The first-order valence-corrected chi connectivity index (χ1v) is 3.63. The Labute approximate surface area is 62.2 Å². The van der Waals surface area contributed by atoms with Gasteiger partial charge >= 0.3 is 0 Å². The Morgan fingerprint density at radius 2 is 2.40 bits per heavy atom. The number of aliphatic imine (C=N–C) groups is 1. The molecule has 0 aromatic carbocycles. The van der Waals surface area contributed by atoms with E-state index in [0.717, 1.165) is 6.54 Å². The summed E-state index contributed by atoms with van der Waals surface area (Å²) in [5.41, 5.74) is 1.32. The van der Waals surface area contributed by atoms with Crippen LogP contribution in [0.2, 0.25) is 0 Å². The molecule has 0 radical (unpaired) electrons. The molecule has 1 aliphatic heterocycles. The molecule has 0 saturated carbocycles. The summed E-state index contributed by atoms with van der Waals surface area (Å²) >= 11 is 0. The van der Waals surface area contributed by atoms with Crippen LogP contribution in [-0.2, 0) is 0 Å². The summed E-state index contributed by atoms with van der Waals surface area (Å²) in [5.74, 6) is 0.490. The second-order valence-electron chi connectivity index (χ2n) is 2.75. The van der Waals surface area contributed by atoms with E-state index in [2.05, 4.69) is 37.1 Å². The van der Waals surface area contributed by atoms with Gasteiger partial charge in [0.15, 0.2) is 0 Å². The molecule has 0 amide bonds. The molecule has 54 valence electrons. The molecule has 10 heavy (non-hydrogen) atoms. The van der Waals surface area contributed by atoms with Gasteiger partial charge < -0.3 is 0 Å². The summed E-state index contributed by atoms with van der Waals surface area (Å²) in [5, 5.41) is 0. The van der Waals surface area contributed by atoms with Gasteiger partial charge in [0.2, 0.25) is 0 Å². The lowest BCUT2D eigenvalue weighted by molar-refractivity contribution is 0.993. The monoisotopic (exact) mass is 135 g/mol. The van der Waals surface area contributed by atoms with Crippen LogP contribution in [0.3, 0.4) is 0 Å². The molecule has 0 aromatic heterocycles. The number of allylic oxidation sites excluding steroid dienone is 3. The van der Waals surface area contributed by atoms with Gasteiger partial charge in [-0.05, 0) is 6.92 Å². The third kappa shape index (κ3) is 2.18. The molecule has 1 nitrogen and oxygen atoms in total. The molecule has 0 N–H and O–H groups in total. The average molecular weight is 135 g/mol. The fraction of sp³-hybridized carbons (Fsp3) is 0.444. The van der Waals surface area contributed by atoms with E-state index < -0.39 is 0 Å². The summed E-state index contributed by atoms with van der Waals surface area (Å²) in [7, 11) is 0. The molecule has 1 heterocycles. The number of nitrogens with zero attached hydrogens (tertiary/aromatic N) is 1. The van der Waals surface area contributed by atoms with Crippen LogP contribution >= 0.6 is 0 Å². The van der Waals surface area contributed by atoms with Crippen molar-refractivity contribution in [2.24, 2.45) is 10.9 Å². The fourth-order valence-electron chi connectivity index (χ4n) is 0.860. The van der Waals surface area contributed by atoms with Crippen LogP contribution in [0.15, 0.2) is 28.8 Å². The Hall–Kier alpha value is -0.850. The van der Waals surface area contributed by atoms with Crippen LogP contribution in [0.1, 0.15) is 13.8 Å². The van der Waals surface area contributed by atoms with E-state index in [0.29, 0.717) is 5.92 Å². The highest BCUT2D eigenvalue weighted by Crippen LogP contribution is 2.01. The average Bonchev–Trinajstić information content (AvgIpc) is 1.84. The lowest BCUT2D eigenvalue weighted by Gasteiger charge is -2.00. The van der Waals surface area contributed by atoms with Gasteiger partial charge in [-0.3, -0.25) is 4.99 Å². The Morgan fingerprint density at radius 1 is 1.60 bits per heavy atom. The number of rotatable bonds is 0. The fourth-order valence-corrected chi connectivity index (χ4v) is 0.860. The Morgan fingerprint density at radius 3 is 3.20 bits per heavy atom. The number of hydrogen-bond donors (Lipinski definition) is 0. The molecule has 1 rings (SSSR count). The quantitative estimate of drug-likeness (QED) is 0.483. The standard InChI is InChI=1S/C9H13N/c1-8-4-3-5-9(2)7-10-6-8/h3-6,8H,7H2,1-2H3/b4-3-,9-5?,10-6?. The van der Waals surface area contributed by atoms with Crippen LogP contribution in [-0.4, -0.2) is 12.8 Å². The van der Waals surface area contributed by atoms with E-state index in [1.165, 1.54) is 5.57 Å². The van der Waals surface area contributed by atoms with E-state index in [-0.39, 0.29) is 0 Å². The highest BCUT2D eigenvalue weighted by molar-refractivity contribution is 5.63. The van der Waals surface area contributed by atoms with Crippen molar-refractivity contribution in [3.8, 4) is 0 Å². The summed E-state index contributed by atoms with van der Waals surface area (Å²) in [6.07, 6.45) is 8.36. The third-order valence-corrected chi connectivity index (χ3v) is 1.48. The lowest BCUT2D eigenvalue weighted by Crippen LogP contribution is -1.94. The summed E-state index contributed by atoms with van der Waals surface area (Å²) < 4.78 is 0. The zero-order valence-corrected chi connectivity index (χ0v) is 6.54. The maximum absolute atomic E-state index is 4.25. The minimum atomic E-state index is 0.490. The normalized spacial score (nSPS) is 28.6. The van der Waals surface area contributed by atoms with Crippen molar-refractivity contribution in [1.29, 1.82) is 0 Å². The van der Waals surface area contributed by atoms with Gasteiger partial charge in [-0.15, -0.1) is 0 Å². The zero-order valence-electron chi connectivity index (χ0n) is 6.54. The predicted molar refractivity (Wildman–Crippen MR) is 45.4 cm³/mol. The molecular formula is C9H13N. The van der Waals surface area contributed by atoms with Crippen molar-refractivity contribution >= 4 is 6.21 Å². The summed E-state index contributed by atoms with van der Waals surface area (Å²) in [4.78, 5) is 4.25. The van der Waals surface area contributed by atoms with E-state index in [4.69, 9.17) is 0 Å². The van der Waals surface area contributed by atoms with Crippen LogP contribution in [0.4, 0.5) is 0 Å². The first kappa shape index (κ1) is 7.26. The highest BCUT2D eigenvalue weighted by Gasteiger charge is 1.92. The molecule has 1 aliphatic rings. The lowest BCUT2D eigenvalue weighted by atomic mass is 10.1. The molecule has 1 atom stereocenters. The molecule has 1 unspecified atom stereocenters. The Balaban J connectivity index is 2.70. The second kappa shape index (κ2) is 3.35. The van der Waals surface area contributed by atoms with Gasteiger partial charge in [-0.1, -0.05) is 30.7 Å². The smallest absolute Gasteiger partial charge is 0.0596 e. The van der Waals surface area contributed by atoms with Gasteiger partial charge in [0.1, 0.15) is 0 Å². The van der Waals surface area contributed by atoms with Crippen LogP contribution < -0.4 is 0 Å². The van der Waals surface area contributed by atoms with Crippen molar-refractivity contribution < 1.29 is 0 Å². The minimum Gasteiger partial charge on any atom is -0.293 e. The second-order valence-corrected chi connectivity index (χ2v) is 2.75. The van der Waals surface area contributed by atoms with E-state index >= 15 is 0 Å².